The van der Waals surface area contributed by atoms with Gasteiger partial charge in [-0.3, -0.25) is 9.78 Å². The van der Waals surface area contributed by atoms with Crippen molar-refractivity contribution in [2.45, 2.75) is 20.8 Å². The van der Waals surface area contributed by atoms with Crippen molar-refractivity contribution < 1.29 is 4.79 Å². The van der Waals surface area contributed by atoms with E-state index in [4.69, 9.17) is 0 Å². The van der Waals surface area contributed by atoms with Crippen molar-refractivity contribution in [3.8, 4) is 0 Å². The number of carbonyl (C=O) groups excluding carboxylic acids is 1. The van der Waals surface area contributed by atoms with Crippen LogP contribution in [-0.4, -0.2) is 10.8 Å². The van der Waals surface area contributed by atoms with E-state index in [1.54, 1.807) is 6.20 Å². The number of ketones is 1. The summed E-state index contributed by atoms with van der Waals surface area (Å²) in [5.74, 6) is 0.0388. The van der Waals surface area contributed by atoms with Crippen molar-refractivity contribution in [3.63, 3.8) is 0 Å². The highest BCUT2D eigenvalue weighted by Crippen LogP contribution is 2.26. The summed E-state index contributed by atoms with van der Waals surface area (Å²) in [7, 11) is 0. The van der Waals surface area contributed by atoms with E-state index in [9.17, 15) is 4.79 Å². The number of aromatic nitrogens is 1. The zero-order valence-electron chi connectivity index (χ0n) is 8.27. The molecule has 0 radical (unpaired) electrons. The summed E-state index contributed by atoms with van der Waals surface area (Å²) in [5, 5.41) is 0. The first-order chi connectivity index (χ1) is 6.32. The maximum Gasteiger partial charge on any atom is 0.187 e. The first kappa shape index (κ1) is 11.9. The minimum Gasteiger partial charge on any atom is -0.292 e. The second-order valence-electron chi connectivity index (χ2n) is 4.06. The molecule has 1 rings (SSSR count). The summed E-state index contributed by atoms with van der Waals surface area (Å²) in [5.41, 5.74) is 0.0873. The lowest BCUT2D eigenvalue weighted by Gasteiger charge is -2.16. The highest BCUT2D eigenvalue weighted by molar-refractivity contribution is 9.11. The lowest BCUT2D eigenvalue weighted by molar-refractivity contribution is 0.0852. The van der Waals surface area contributed by atoms with Crippen LogP contribution in [0.4, 0.5) is 0 Å². The molecule has 0 N–H and O–H groups in total. The topological polar surface area (TPSA) is 30.0 Å². The maximum absolute atomic E-state index is 11.9. The summed E-state index contributed by atoms with van der Waals surface area (Å²) < 4.78 is 1.58. The molecule has 0 saturated heterocycles. The van der Waals surface area contributed by atoms with E-state index in [0.29, 0.717) is 5.69 Å². The molecule has 1 aromatic rings. The number of hydrogen-bond acceptors (Lipinski definition) is 2. The quantitative estimate of drug-likeness (QED) is 0.736. The number of Topliss-reactive ketones (excluding diaryl/α,β-unsaturated/α-hetero) is 1. The SMILES string of the molecule is CC(C)(C)C(=O)c1ncc(Br)cc1Br. The number of halogens is 2. The number of pyridine rings is 1. The van der Waals surface area contributed by atoms with Gasteiger partial charge in [0.2, 0.25) is 0 Å². The average Bonchev–Trinajstić information content (AvgIpc) is 2.01. The van der Waals surface area contributed by atoms with E-state index < -0.39 is 5.41 Å². The van der Waals surface area contributed by atoms with Gasteiger partial charge in [-0.15, -0.1) is 0 Å². The molecular weight excluding hydrogens is 310 g/mol. The Hall–Kier alpha value is -0.220. The Morgan fingerprint density at radius 3 is 2.36 bits per heavy atom. The van der Waals surface area contributed by atoms with Gasteiger partial charge in [0, 0.05) is 20.6 Å². The summed E-state index contributed by atoms with van der Waals surface area (Å²) in [6.45, 7) is 5.64. The summed E-state index contributed by atoms with van der Waals surface area (Å²) in [6.07, 6.45) is 1.63. The third kappa shape index (κ3) is 2.64. The van der Waals surface area contributed by atoms with Crippen LogP contribution in [0.1, 0.15) is 31.3 Å². The van der Waals surface area contributed by atoms with Crippen molar-refractivity contribution in [1.29, 1.82) is 0 Å². The van der Waals surface area contributed by atoms with Gasteiger partial charge in [-0.2, -0.15) is 0 Å². The second kappa shape index (κ2) is 4.11. The third-order valence-corrected chi connectivity index (χ3v) is 2.74. The molecule has 14 heavy (non-hydrogen) atoms. The molecule has 0 fully saturated rings. The maximum atomic E-state index is 11.9. The Labute approximate surface area is 100 Å². The minimum absolute atomic E-state index is 0.0388. The van der Waals surface area contributed by atoms with Gasteiger partial charge in [0.15, 0.2) is 5.78 Å². The van der Waals surface area contributed by atoms with E-state index in [-0.39, 0.29) is 5.78 Å². The van der Waals surface area contributed by atoms with Crippen LogP contribution in [-0.2, 0) is 0 Å². The van der Waals surface area contributed by atoms with Gasteiger partial charge in [0.25, 0.3) is 0 Å². The average molecular weight is 321 g/mol. The van der Waals surface area contributed by atoms with Crippen molar-refractivity contribution in [2.75, 3.05) is 0 Å². The lowest BCUT2D eigenvalue weighted by Crippen LogP contribution is -2.21. The van der Waals surface area contributed by atoms with Gasteiger partial charge in [-0.1, -0.05) is 20.8 Å². The van der Waals surface area contributed by atoms with Crippen LogP contribution in [0.3, 0.4) is 0 Å². The number of carbonyl (C=O) groups is 1. The molecule has 0 amide bonds. The van der Waals surface area contributed by atoms with E-state index in [1.807, 2.05) is 26.8 Å². The fraction of sp³-hybridized carbons (Fsp3) is 0.400. The van der Waals surface area contributed by atoms with Gasteiger partial charge in [-0.25, -0.2) is 0 Å². The van der Waals surface area contributed by atoms with E-state index in [2.05, 4.69) is 36.8 Å². The van der Waals surface area contributed by atoms with Crippen LogP contribution >= 0.6 is 31.9 Å². The molecule has 2 nitrogen and oxygen atoms in total. The zero-order chi connectivity index (χ0) is 10.9. The molecule has 0 aromatic carbocycles. The molecular formula is C10H11Br2NO. The number of hydrogen-bond donors (Lipinski definition) is 0. The largest absolute Gasteiger partial charge is 0.292 e. The molecule has 76 valence electrons. The van der Waals surface area contributed by atoms with Crippen LogP contribution in [0, 0.1) is 5.41 Å². The Kier molecular flexibility index (Phi) is 3.48. The predicted octanol–water partition coefficient (Wildman–Crippen LogP) is 3.84. The van der Waals surface area contributed by atoms with Crippen molar-refractivity contribution in [2.24, 2.45) is 5.41 Å². The molecule has 0 aliphatic heterocycles. The Morgan fingerprint density at radius 1 is 1.36 bits per heavy atom. The number of rotatable bonds is 1. The fourth-order valence-corrected chi connectivity index (χ4v) is 2.10. The fourth-order valence-electron chi connectivity index (χ4n) is 0.937. The molecule has 0 unspecified atom stereocenters. The summed E-state index contributed by atoms with van der Waals surface area (Å²) in [4.78, 5) is 16.0. The van der Waals surface area contributed by atoms with Gasteiger partial charge < -0.3 is 0 Å². The molecule has 0 spiro atoms. The molecule has 1 heterocycles. The molecule has 0 saturated carbocycles. The lowest BCUT2D eigenvalue weighted by atomic mass is 9.89. The van der Waals surface area contributed by atoms with Gasteiger partial charge in [0.1, 0.15) is 5.69 Å². The standard InChI is InChI=1S/C10H11Br2NO/c1-10(2,3)9(14)8-7(12)4-6(11)5-13-8/h4-5H,1-3H3. The van der Waals surface area contributed by atoms with Crippen LogP contribution in [0.15, 0.2) is 21.2 Å². The van der Waals surface area contributed by atoms with Gasteiger partial charge in [-0.05, 0) is 37.9 Å². The molecule has 0 atom stereocenters. The van der Waals surface area contributed by atoms with Crippen LogP contribution in [0.25, 0.3) is 0 Å². The Bertz CT molecular complexity index is 369. The summed E-state index contributed by atoms with van der Waals surface area (Å²) in [6, 6.07) is 1.83. The smallest absolute Gasteiger partial charge is 0.187 e. The second-order valence-corrected chi connectivity index (χ2v) is 5.83. The summed E-state index contributed by atoms with van der Waals surface area (Å²) >= 11 is 6.62. The molecule has 0 aliphatic carbocycles. The highest BCUT2D eigenvalue weighted by atomic mass is 79.9. The van der Waals surface area contributed by atoms with Gasteiger partial charge >= 0.3 is 0 Å². The normalized spacial score (nSPS) is 11.5. The van der Waals surface area contributed by atoms with Crippen molar-refractivity contribution in [1.82, 2.24) is 4.98 Å². The van der Waals surface area contributed by atoms with E-state index in [0.717, 1.165) is 8.95 Å². The van der Waals surface area contributed by atoms with Crippen molar-refractivity contribution >= 4 is 37.6 Å². The highest BCUT2D eigenvalue weighted by Gasteiger charge is 2.25. The molecule has 1 aromatic heterocycles. The van der Waals surface area contributed by atoms with Crippen LogP contribution < -0.4 is 0 Å². The van der Waals surface area contributed by atoms with Crippen LogP contribution in [0.2, 0.25) is 0 Å². The number of nitrogens with zero attached hydrogens (tertiary/aromatic N) is 1. The Balaban J connectivity index is 3.15. The zero-order valence-corrected chi connectivity index (χ0v) is 11.4. The monoisotopic (exact) mass is 319 g/mol. The molecule has 4 heteroatoms. The van der Waals surface area contributed by atoms with E-state index in [1.165, 1.54) is 0 Å². The molecule has 0 aliphatic rings. The van der Waals surface area contributed by atoms with Crippen LogP contribution in [0.5, 0.6) is 0 Å². The Morgan fingerprint density at radius 2 is 1.93 bits per heavy atom. The first-order valence-electron chi connectivity index (χ1n) is 4.18. The first-order valence-corrected chi connectivity index (χ1v) is 5.77. The minimum atomic E-state index is -0.399. The predicted molar refractivity (Wildman–Crippen MR) is 63.4 cm³/mol. The molecule has 0 bridgehead atoms. The van der Waals surface area contributed by atoms with Crippen molar-refractivity contribution in [3.05, 3.63) is 26.9 Å². The third-order valence-electron chi connectivity index (χ3n) is 1.70. The van der Waals surface area contributed by atoms with Gasteiger partial charge in [0.05, 0.1) is 0 Å². The van der Waals surface area contributed by atoms with E-state index >= 15 is 0 Å².